The van der Waals surface area contributed by atoms with Gasteiger partial charge in [0, 0.05) is 11.1 Å². The van der Waals surface area contributed by atoms with Crippen LogP contribution in [0.4, 0.5) is 0 Å². The first-order chi connectivity index (χ1) is 12.0. The molecular weight excluding hydrogens is 344 g/mol. The maximum atomic E-state index is 12.2. The van der Waals surface area contributed by atoms with E-state index in [4.69, 9.17) is 14.2 Å². The van der Waals surface area contributed by atoms with Crippen molar-refractivity contribution in [2.45, 2.75) is 12.8 Å². The number of nitriles is 1. The smallest absolute Gasteiger partial charge is 0.342 e. The van der Waals surface area contributed by atoms with Crippen LogP contribution < -0.4 is 9.47 Å². The van der Waals surface area contributed by atoms with Crippen molar-refractivity contribution in [1.29, 1.82) is 5.26 Å². The summed E-state index contributed by atoms with van der Waals surface area (Å²) in [4.78, 5) is 28.6. The van der Waals surface area contributed by atoms with E-state index in [-0.39, 0.29) is 11.3 Å². The van der Waals surface area contributed by atoms with Gasteiger partial charge in [-0.1, -0.05) is 6.07 Å². The van der Waals surface area contributed by atoms with Crippen molar-refractivity contribution >= 4 is 23.1 Å². The summed E-state index contributed by atoms with van der Waals surface area (Å²) in [6.07, 6.45) is 0. The zero-order valence-corrected chi connectivity index (χ0v) is 14.8. The van der Waals surface area contributed by atoms with Gasteiger partial charge in [0.2, 0.25) is 0 Å². The fraction of sp³-hybridized carbons (Fsp3) is 0.294. The van der Waals surface area contributed by atoms with Gasteiger partial charge in [-0.2, -0.15) is 5.26 Å². The van der Waals surface area contributed by atoms with Gasteiger partial charge >= 0.3 is 5.97 Å². The van der Waals surface area contributed by atoms with Gasteiger partial charge in [0.25, 0.3) is 0 Å². The zero-order chi connectivity index (χ0) is 18.4. The number of esters is 1. The molecule has 2 rings (SSSR count). The summed E-state index contributed by atoms with van der Waals surface area (Å²) in [5.41, 5.74) is 0.861. The van der Waals surface area contributed by atoms with E-state index in [2.05, 4.69) is 4.98 Å². The highest BCUT2D eigenvalue weighted by Crippen LogP contribution is 2.31. The van der Waals surface area contributed by atoms with Gasteiger partial charge in [-0.05, 0) is 19.1 Å². The molecule has 2 aromatic rings. The fourth-order valence-electron chi connectivity index (χ4n) is 2.12. The molecule has 7 nitrogen and oxygen atoms in total. The molecule has 0 amide bonds. The number of hydrogen-bond acceptors (Lipinski definition) is 8. The molecule has 0 aliphatic heterocycles. The molecule has 0 saturated carbocycles. The Morgan fingerprint density at radius 2 is 2.08 bits per heavy atom. The molecule has 0 aliphatic carbocycles. The minimum absolute atomic E-state index is 0.133. The quantitative estimate of drug-likeness (QED) is 0.700. The molecule has 1 aromatic heterocycles. The normalized spacial score (nSPS) is 11.3. The van der Waals surface area contributed by atoms with Crippen LogP contribution in [0.25, 0.3) is 0 Å². The number of methoxy groups -OCH3 is 2. The first kappa shape index (κ1) is 18.4. The second-order valence-corrected chi connectivity index (χ2v) is 5.86. The average Bonchev–Trinajstić information content (AvgIpc) is 3.05. The van der Waals surface area contributed by atoms with Crippen molar-refractivity contribution in [2.24, 2.45) is 0 Å². The molecule has 0 unspecified atom stereocenters. The number of benzene rings is 1. The third kappa shape index (κ3) is 4.14. The first-order valence-electron chi connectivity index (χ1n) is 7.24. The molecule has 0 bridgehead atoms. The summed E-state index contributed by atoms with van der Waals surface area (Å²) in [5.74, 6) is -1.74. The van der Waals surface area contributed by atoms with Gasteiger partial charge in [-0.3, -0.25) is 4.79 Å². The van der Waals surface area contributed by atoms with Crippen LogP contribution in [0.5, 0.6) is 11.5 Å². The van der Waals surface area contributed by atoms with Crippen LogP contribution in [0.3, 0.4) is 0 Å². The number of hydrogen-bond donors (Lipinski definition) is 0. The van der Waals surface area contributed by atoms with Gasteiger partial charge in [-0.25, -0.2) is 9.78 Å². The van der Waals surface area contributed by atoms with Crippen molar-refractivity contribution in [3.63, 3.8) is 0 Å². The number of Topliss-reactive ketones (excluding diaryl/α,β-unsaturated/α-hetero) is 1. The number of nitrogens with zero attached hydrogens (tertiary/aromatic N) is 2. The van der Waals surface area contributed by atoms with Crippen molar-refractivity contribution < 1.29 is 23.8 Å². The first-order valence-corrected chi connectivity index (χ1v) is 8.12. The molecule has 0 fully saturated rings. The molecule has 0 radical (unpaired) electrons. The number of para-hydroxylation sites is 1. The molecular formula is C17H16N2O5S. The van der Waals surface area contributed by atoms with Gasteiger partial charge in [0.15, 0.2) is 29.8 Å². The Balaban J connectivity index is 2.09. The number of carbonyl (C=O) groups excluding carboxylic acids is 2. The molecule has 0 spiro atoms. The Morgan fingerprint density at radius 1 is 1.32 bits per heavy atom. The molecule has 0 N–H and O–H groups in total. The summed E-state index contributed by atoms with van der Waals surface area (Å²) in [7, 11) is 2.85. The van der Waals surface area contributed by atoms with Crippen LogP contribution >= 0.6 is 11.3 Å². The van der Waals surface area contributed by atoms with E-state index in [0.29, 0.717) is 10.8 Å². The lowest BCUT2D eigenvalue weighted by Crippen LogP contribution is -2.20. The van der Waals surface area contributed by atoms with Crippen molar-refractivity contribution in [3.8, 4) is 17.6 Å². The third-order valence-electron chi connectivity index (χ3n) is 3.30. The van der Waals surface area contributed by atoms with Gasteiger partial charge in [0.05, 0.1) is 20.3 Å². The van der Waals surface area contributed by atoms with Gasteiger partial charge in [0.1, 0.15) is 10.6 Å². The number of aryl methyl sites for hydroxylation is 1. The monoisotopic (exact) mass is 360 g/mol. The van der Waals surface area contributed by atoms with Crippen molar-refractivity contribution in [3.05, 3.63) is 39.8 Å². The van der Waals surface area contributed by atoms with Gasteiger partial charge < -0.3 is 14.2 Å². The summed E-state index contributed by atoms with van der Waals surface area (Å²) < 4.78 is 15.3. The number of rotatable bonds is 7. The van der Waals surface area contributed by atoms with E-state index in [1.165, 1.54) is 31.6 Å². The number of carbonyl (C=O) groups is 2. The Bertz CT molecular complexity index is 825. The highest BCUT2D eigenvalue weighted by molar-refractivity contribution is 7.09. The summed E-state index contributed by atoms with van der Waals surface area (Å²) in [6.45, 7) is 1.24. The van der Waals surface area contributed by atoms with Crippen molar-refractivity contribution in [2.75, 3.05) is 20.8 Å². The topological polar surface area (TPSA) is 98.5 Å². The molecule has 0 saturated heterocycles. The summed E-state index contributed by atoms with van der Waals surface area (Å²) >= 11 is 1.22. The van der Waals surface area contributed by atoms with Crippen LogP contribution in [-0.4, -0.2) is 37.6 Å². The Labute approximate surface area is 148 Å². The van der Waals surface area contributed by atoms with E-state index in [0.717, 1.165) is 5.69 Å². The molecule has 25 heavy (non-hydrogen) atoms. The molecule has 8 heteroatoms. The molecule has 1 atom stereocenters. The van der Waals surface area contributed by atoms with E-state index >= 15 is 0 Å². The largest absolute Gasteiger partial charge is 0.493 e. The molecule has 0 aliphatic rings. The lowest BCUT2D eigenvalue weighted by molar-refractivity contribution is -0.122. The van der Waals surface area contributed by atoms with Crippen LogP contribution in [0.1, 0.15) is 27.0 Å². The zero-order valence-electron chi connectivity index (χ0n) is 13.9. The fourth-order valence-corrected chi connectivity index (χ4v) is 2.98. The van der Waals surface area contributed by atoms with Crippen LogP contribution in [0.2, 0.25) is 0 Å². The maximum absolute atomic E-state index is 12.2. The number of aromatic nitrogens is 1. The highest BCUT2D eigenvalue weighted by atomic mass is 32.1. The minimum Gasteiger partial charge on any atom is -0.493 e. The predicted octanol–water partition coefficient (Wildman–Crippen LogP) is 2.50. The lowest BCUT2D eigenvalue weighted by atomic mass is 10.1. The SMILES string of the molecule is COc1cccc(C(=O)OCC(=O)[C@H](C#N)c2nc(C)cs2)c1OC. The second-order valence-electron chi connectivity index (χ2n) is 4.97. The molecule has 130 valence electrons. The van der Waals surface area contributed by atoms with Gasteiger partial charge in [-0.15, -0.1) is 11.3 Å². The minimum atomic E-state index is -1.06. The van der Waals surface area contributed by atoms with E-state index in [9.17, 15) is 14.9 Å². The number of thiazole rings is 1. The molecule has 1 aromatic carbocycles. The van der Waals surface area contributed by atoms with Crippen LogP contribution in [-0.2, 0) is 9.53 Å². The molecule has 1 heterocycles. The maximum Gasteiger partial charge on any atom is 0.342 e. The average molecular weight is 360 g/mol. The van der Waals surface area contributed by atoms with Crippen molar-refractivity contribution in [1.82, 2.24) is 4.98 Å². The Morgan fingerprint density at radius 3 is 2.64 bits per heavy atom. The third-order valence-corrected chi connectivity index (χ3v) is 4.33. The number of ether oxygens (including phenoxy) is 3. The number of ketones is 1. The van der Waals surface area contributed by atoms with E-state index in [1.807, 2.05) is 6.07 Å². The van der Waals surface area contributed by atoms with Crippen LogP contribution in [0.15, 0.2) is 23.6 Å². The summed E-state index contributed by atoms with van der Waals surface area (Å²) in [5, 5.41) is 11.3. The Hall–Kier alpha value is -2.92. The Kier molecular flexibility index (Phi) is 6.08. The van der Waals surface area contributed by atoms with E-state index < -0.39 is 24.3 Å². The van der Waals surface area contributed by atoms with E-state index in [1.54, 1.807) is 24.4 Å². The lowest BCUT2D eigenvalue weighted by Gasteiger charge is -2.12. The highest BCUT2D eigenvalue weighted by Gasteiger charge is 2.25. The van der Waals surface area contributed by atoms with Crippen LogP contribution in [0, 0.1) is 18.3 Å². The predicted molar refractivity (Wildman–Crippen MR) is 90.0 cm³/mol. The standard InChI is InChI=1S/C17H16N2O5S/c1-10-9-25-16(19-10)12(7-18)13(20)8-24-17(21)11-5-4-6-14(22-2)15(11)23-3/h4-6,9,12H,8H2,1-3H3/t12-/m0/s1. The summed E-state index contributed by atoms with van der Waals surface area (Å²) in [6, 6.07) is 6.64. The second kappa shape index (κ2) is 8.26.